The first kappa shape index (κ1) is 15.0. The van der Waals surface area contributed by atoms with Crippen molar-refractivity contribution in [3.63, 3.8) is 0 Å². The molecule has 1 rings (SSSR count). The summed E-state index contributed by atoms with van der Waals surface area (Å²) in [4.78, 5) is 24.1. The number of carbonyl (C=O) groups excluding carboxylic acids is 2. The van der Waals surface area contributed by atoms with Crippen molar-refractivity contribution in [2.75, 3.05) is 11.9 Å². The monoisotopic (exact) mass is 260 g/mol. The van der Waals surface area contributed by atoms with Crippen LogP contribution in [0.2, 0.25) is 0 Å². The van der Waals surface area contributed by atoms with Crippen molar-refractivity contribution in [2.24, 2.45) is 5.41 Å². The standard InChI is InChI=1S/C15H20N2O2/c1-5-10-16-13(18)15(3,4)14(19)17-12-9-7-6-8-11(12)2/h5-9H,1,10H2,2-4H3,(H,16,18)(H,17,19). The summed E-state index contributed by atoms with van der Waals surface area (Å²) in [6.45, 7) is 8.97. The summed E-state index contributed by atoms with van der Waals surface area (Å²) in [5.74, 6) is -0.651. The van der Waals surface area contributed by atoms with Gasteiger partial charge in [0.1, 0.15) is 5.41 Å². The van der Waals surface area contributed by atoms with Crippen LogP contribution in [0, 0.1) is 12.3 Å². The molecule has 4 heteroatoms. The minimum atomic E-state index is -1.13. The maximum atomic E-state index is 12.2. The molecule has 1 aromatic carbocycles. The highest BCUT2D eigenvalue weighted by Crippen LogP contribution is 2.20. The molecule has 0 saturated carbocycles. The maximum Gasteiger partial charge on any atom is 0.239 e. The van der Waals surface area contributed by atoms with Crippen LogP contribution in [0.15, 0.2) is 36.9 Å². The molecule has 0 aliphatic rings. The molecule has 2 amide bonds. The average Bonchev–Trinajstić information content (AvgIpc) is 2.38. The molecule has 0 atom stereocenters. The molecular weight excluding hydrogens is 240 g/mol. The van der Waals surface area contributed by atoms with Crippen LogP contribution in [-0.4, -0.2) is 18.4 Å². The summed E-state index contributed by atoms with van der Waals surface area (Å²) in [6, 6.07) is 7.45. The van der Waals surface area contributed by atoms with E-state index in [1.54, 1.807) is 19.9 Å². The van der Waals surface area contributed by atoms with Crippen molar-refractivity contribution in [1.82, 2.24) is 5.32 Å². The lowest BCUT2D eigenvalue weighted by atomic mass is 9.90. The number of aryl methyl sites for hydroxylation is 1. The van der Waals surface area contributed by atoms with Crippen molar-refractivity contribution < 1.29 is 9.59 Å². The van der Waals surface area contributed by atoms with Crippen LogP contribution in [0.5, 0.6) is 0 Å². The van der Waals surface area contributed by atoms with E-state index in [-0.39, 0.29) is 11.8 Å². The summed E-state index contributed by atoms with van der Waals surface area (Å²) in [5, 5.41) is 5.42. The highest BCUT2D eigenvalue weighted by molar-refractivity contribution is 6.10. The Labute approximate surface area is 113 Å². The molecular formula is C15H20N2O2. The number of nitrogens with one attached hydrogen (secondary N) is 2. The quantitative estimate of drug-likeness (QED) is 0.630. The molecule has 0 heterocycles. The number of para-hydroxylation sites is 1. The van der Waals surface area contributed by atoms with Crippen molar-refractivity contribution >= 4 is 17.5 Å². The summed E-state index contributed by atoms with van der Waals surface area (Å²) in [6.07, 6.45) is 1.58. The van der Waals surface area contributed by atoms with Crippen molar-refractivity contribution in [3.8, 4) is 0 Å². The van der Waals surface area contributed by atoms with Crippen LogP contribution in [0.3, 0.4) is 0 Å². The number of carbonyl (C=O) groups is 2. The van der Waals surface area contributed by atoms with Crippen LogP contribution >= 0.6 is 0 Å². The highest BCUT2D eigenvalue weighted by atomic mass is 16.2. The number of rotatable bonds is 5. The largest absolute Gasteiger partial charge is 0.352 e. The lowest BCUT2D eigenvalue weighted by Crippen LogP contribution is -2.45. The van der Waals surface area contributed by atoms with E-state index in [4.69, 9.17) is 0 Å². The fraction of sp³-hybridized carbons (Fsp3) is 0.333. The lowest BCUT2D eigenvalue weighted by Gasteiger charge is -2.22. The molecule has 0 aliphatic heterocycles. The second-order valence-electron chi connectivity index (χ2n) is 4.89. The average molecular weight is 260 g/mol. The number of amides is 2. The number of hydrogen-bond acceptors (Lipinski definition) is 2. The Morgan fingerprint density at radius 2 is 1.89 bits per heavy atom. The van der Waals surface area contributed by atoms with Gasteiger partial charge >= 0.3 is 0 Å². The fourth-order valence-electron chi connectivity index (χ4n) is 1.48. The zero-order valence-corrected chi connectivity index (χ0v) is 11.6. The molecule has 0 spiro atoms. The molecule has 0 unspecified atom stereocenters. The van der Waals surface area contributed by atoms with E-state index in [0.29, 0.717) is 6.54 Å². The molecule has 102 valence electrons. The third-order valence-corrected chi connectivity index (χ3v) is 2.94. The minimum Gasteiger partial charge on any atom is -0.352 e. The summed E-state index contributed by atoms with van der Waals surface area (Å²) < 4.78 is 0. The van der Waals surface area contributed by atoms with Gasteiger partial charge in [0.15, 0.2) is 0 Å². The van der Waals surface area contributed by atoms with Crippen LogP contribution in [0.25, 0.3) is 0 Å². The zero-order valence-electron chi connectivity index (χ0n) is 11.6. The molecule has 0 radical (unpaired) electrons. The van der Waals surface area contributed by atoms with Gasteiger partial charge < -0.3 is 10.6 Å². The van der Waals surface area contributed by atoms with Gasteiger partial charge in [-0.25, -0.2) is 0 Å². The SMILES string of the molecule is C=CCNC(=O)C(C)(C)C(=O)Nc1ccccc1C. The Hall–Kier alpha value is -2.10. The normalized spacial score (nSPS) is 10.7. The molecule has 1 aromatic rings. The third kappa shape index (κ3) is 3.68. The second kappa shape index (κ2) is 6.18. The summed E-state index contributed by atoms with van der Waals surface area (Å²) in [5.41, 5.74) is 0.543. The number of hydrogen-bond donors (Lipinski definition) is 2. The number of benzene rings is 1. The van der Waals surface area contributed by atoms with E-state index in [2.05, 4.69) is 17.2 Å². The van der Waals surface area contributed by atoms with Gasteiger partial charge in [0, 0.05) is 12.2 Å². The topological polar surface area (TPSA) is 58.2 Å². The maximum absolute atomic E-state index is 12.2. The van der Waals surface area contributed by atoms with E-state index in [1.807, 2.05) is 31.2 Å². The van der Waals surface area contributed by atoms with Gasteiger partial charge in [0.2, 0.25) is 11.8 Å². The van der Waals surface area contributed by atoms with Crippen molar-refractivity contribution in [2.45, 2.75) is 20.8 Å². The summed E-state index contributed by atoms with van der Waals surface area (Å²) in [7, 11) is 0. The van der Waals surface area contributed by atoms with Crippen molar-refractivity contribution in [1.29, 1.82) is 0 Å². The first-order valence-electron chi connectivity index (χ1n) is 6.16. The highest BCUT2D eigenvalue weighted by Gasteiger charge is 2.35. The summed E-state index contributed by atoms with van der Waals surface area (Å²) >= 11 is 0. The smallest absolute Gasteiger partial charge is 0.239 e. The molecule has 0 aromatic heterocycles. The molecule has 19 heavy (non-hydrogen) atoms. The lowest BCUT2D eigenvalue weighted by molar-refractivity contribution is -0.138. The van der Waals surface area contributed by atoms with E-state index < -0.39 is 5.41 Å². The third-order valence-electron chi connectivity index (χ3n) is 2.94. The predicted octanol–water partition coefficient (Wildman–Crippen LogP) is 2.26. The van der Waals surface area contributed by atoms with Gasteiger partial charge in [0.25, 0.3) is 0 Å². The Morgan fingerprint density at radius 1 is 1.26 bits per heavy atom. The van der Waals surface area contributed by atoms with Gasteiger partial charge in [-0.2, -0.15) is 0 Å². The van der Waals surface area contributed by atoms with Gasteiger partial charge in [0.05, 0.1) is 0 Å². The Morgan fingerprint density at radius 3 is 2.47 bits per heavy atom. The molecule has 0 aliphatic carbocycles. The Balaban J connectivity index is 2.79. The van der Waals surface area contributed by atoms with Gasteiger partial charge in [-0.05, 0) is 32.4 Å². The van der Waals surface area contributed by atoms with Gasteiger partial charge in [-0.3, -0.25) is 9.59 Å². The van der Waals surface area contributed by atoms with E-state index >= 15 is 0 Å². The zero-order chi connectivity index (χ0) is 14.5. The first-order valence-corrected chi connectivity index (χ1v) is 6.16. The fourth-order valence-corrected chi connectivity index (χ4v) is 1.48. The van der Waals surface area contributed by atoms with E-state index in [1.165, 1.54) is 0 Å². The van der Waals surface area contributed by atoms with E-state index in [9.17, 15) is 9.59 Å². The van der Waals surface area contributed by atoms with Crippen LogP contribution in [0.4, 0.5) is 5.69 Å². The molecule has 4 nitrogen and oxygen atoms in total. The van der Waals surface area contributed by atoms with Crippen molar-refractivity contribution in [3.05, 3.63) is 42.5 Å². The first-order chi connectivity index (χ1) is 8.89. The molecule has 0 fully saturated rings. The minimum absolute atomic E-state index is 0.321. The van der Waals surface area contributed by atoms with E-state index in [0.717, 1.165) is 11.3 Å². The van der Waals surface area contributed by atoms with Crippen LogP contribution in [-0.2, 0) is 9.59 Å². The number of anilines is 1. The molecule has 0 bridgehead atoms. The predicted molar refractivity (Wildman–Crippen MR) is 76.8 cm³/mol. The van der Waals surface area contributed by atoms with Crippen LogP contribution < -0.4 is 10.6 Å². The molecule has 2 N–H and O–H groups in total. The van der Waals surface area contributed by atoms with Gasteiger partial charge in [-0.1, -0.05) is 24.3 Å². The Kier molecular flexibility index (Phi) is 4.87. The van der Waals surface area contributed by atoms with Crippen LogP contribution in [0.1, 0.15) is 19.4 Å². The molecule has 0 saturated heterocycles. The Bertz CT molecular complexity index is 493. The second-order valence-corrected chi connectivity index (χ2v) is 4.89. The van der Waals surface area contributed by atoms with Gasteiger partial charge in [-0.15, -0.1) is 6.58 Å².